The number of ether oxygens (including phenoxy) is 1. The van der Waals surface area contributed by atoms with Crippen LogP contribution in [0.2, 0.25) is 0 Å². The van der Waals surface area contributed by atoms with E-state index in [-0.39, 0.29) is 6.10 Å². The van der Waals surface area contributed by atoms with Crippen molar-refractivity contribution in [1.82, 2.24) is 10.1 Å². The first-order valence-electron chi connectivity index (χ1n) is 4.46. The van der Waals surface area contributed by atoms with Crippen LogP contribution in [0.4, 0.5) is 6.01 Å². The molecule has 1 saturated heterocycles. The molecular formula is C8H13N3O2. The van der Waals surface area contributed by atoms with Gasteiger partial charge < -0.3 is 14.6 Å². The van der Waals surface area contributed by atoms with Crippen molar-refractivity contribution in [1.29, 1.82) is 0 Å². The molecule has 2 unspecified atom stereocenters. The van der Waals surface area contributed by atoms with Gasteiger partial charge in [-0.2, -0.15) is 4.98 Å². The Balaban J connectivity index is 2.08. The van der Waals surface area contributed by atoms with Crippen molar-refractivity contribution in [2.75, 3.05) is 12.4 Å². The maximum Gasteiger partial charge on any atom is 0.321 e. The molecule has 1 N–H and O–H groups in total. The van der Waals surface area contributed by atoms with Crippen LogP contribution < -0.4 is 5.32 Å². The van der Waals surface area contributed by atoms with Crippen molar-refractivity contribution in [3.63, 3.8) is 0 Å². The van der Waals surface area contributed by atoms with Crippen LogP contribution in [0.5, 0.6) is 0 Å². The number of anilines is 1. The Labute approximate surface area is 76.5 Å². The largest absolute Gasteiger partial charge is 0.367 e. The zero-order valence-corrected chi connectivity index (χ0v) is 7.78. The fraction of sp³-hybridized carbons (Fsp3) is 0.750. The zero-order valence-electron chi connectivity index (χ0n) is 7.78. The lowest BCUT2D eigenvalue weighted by atomic mass is 10.2. The van der Waals surface area contributed by atoms with Gasteiger partial charge in [-0.25, -0.2) is 0 Å². The van der Waals surface area contributed by atoms with Crippen LogP contribution in [0.1, 0.15) is 31.7 Å². The minimum absolute atomic E-state index is 0.0147. The summed E-state index contributed by atoms with van der Waals surface area (Å²) in [5, 5.41) is 6.62. The van der Waals surface area contributed by atoms with Crippen molar-refractivity contribution in [2.45, 2.75) is 32.0 Å². The summed E-state index contributed by atoms with van der Waals surface area (Å²) in [5.41, 5.74) is 0. The molecule has 1 aliphatic rings. The molecule has 0 radical (unpaired) electrons. The normalized spacial score (nSPS) is 27.8. The number of aromatic nitrogens is 2. The van der Waals surface area contributed by atoms with Crippen LogP contribution in [0.3, 0.4) is 0 Å². The molecule has 5 heteroatoms. The molecule has 0 bridgehead atoms. The van der Waals surface area contributed by atoms with Gasteiger partial charge in [0.2, 0.25) is 5.82 Å². The summed E-state index contributed by atoms with van der Waals surface area (Å²) in [6.07, 6.45) is 2.36. The van der Waals surface area contributed by atoms with Gasteiger partial charge >= 0.3 is 6.01 Å². The topological polar surface area (TPSA) is 60.2 Å². The fourth-order valence-electron chi connectivity index (χ4n) is 1.46. The highest BCUT2D eigenvalue weighted by atomic mass is 16.5. The van der Waals surface area contributed by atoms with Gasteiger partial charge in [-0.1, -0.05) is 5.16 Å². The van der Waals surface area contributed by atoms with E-state index in [1.165, 1.54) is 0 Å². The summed E-state index contributed by atoms with van der Waals surface area (Å²) in [6, 6.07) is 0.443. The van der Waals surface area contributed by atoms with Crippen LogP contribution in [-0.2, 0) is 4.74 Å². The molecule has 2 rings (SSSR count). The van der Waals surface area contributed by atoms with Gasteiger partial charge in [0.05, 0.1) is 6.10 Å². The molecule has 1 aromatic rings. The van der Waals surface area contributed by atoms with E-state index in [4.69, 9.17) is 9.26 Å². The highest BCUT2D eigenvalue weighted by Crippen LogP contribution is 2.30. The van der Waals surface area contributed by atoms with Gasteiger partial charge in [-0.3, -0.25) is 0 Å². The number of hydrogen-bond acceptors (Lipinski definition) is 5. The summed E-state index contributed by atoms with van der Waals surface area (Å²) >= 11 is 0. The van der Waals surface area contributed by atoms with E-state index < -0.39 is 0 Å². The van der Waals surface area contributed by atoms with Gasteiger partial charge in [-0.15, -0.1) is 0 Å². The second kappa shape index (κ2) is 3.33. The summed E-state index contributed by atoms with van der Waals surface area (Å²) in [4.78, 5) is 4.13. The van der Waals surface area contributed by atoms with Crippen LogP contribution in [0.25, 0.3) is 0 Å². The Hall–Kier alpha value is -1.10. The number of hydrogen-bond donors (Lipinski definition) is 1. The molecule has 0 aliphatic carbocycles. The number of nitrogens with zero attached hydrogens (tertiary/aromatic N) is 2. The second-order valence-electron chi connectivity index (χ2n) is 3.22. The Morgan fingerprint density at radius 1 is 1.46 bits per heavy atom. The quantitative estimate of drug-likeness (QED) is 0.749. The van der Waals surface area contributed by atoms with Gasteiger partial charge in [0.15, 0.2) is 0 Å². The molecule has 0 aromatic carbocycles. The molecule has 0 saturated carbocycles. The smallest absolute Gasteiger partial charge is 0.321 e. The molecule has 13 heavy (non-hydrogen) atoms. The highest BCUT2D eigenvalue weighted by Gasteiger charge is 2.27. The Morgan fingerprint density at radius 2 is 2.31 bits per heavy atom. The van der Waals surface area contributed by atoms with Crippen molar-refractivity contribution >= 4 is 6.01 Å². The molecule has 0 spiro atoms. The van der Waals surface area contributed by atoms with Crippen LogP contribution >= 0.6 is 0 Å². The molecule has 1 aromatic heterocycles. The van der Waals surface area contributed by atoms with Crippen molar-refractivity contribution in [2.24, 2.45) is 0 Å². The summed E-state index contributed by atoms with van der Waals surface area (Å²) in [6.45, 7) is 2.05. The van der Waals surface area contributed by atoms with Crippen LogP contribution in [0, 0.1) is 0 Å². The Morgan fingerprint density at radius 3 is 2.85 bits per heavy atom. The predicted octanol–water partition coefficient (Wildman–Crippen LogP) is 1.35. The first kappa shape index (κ1) is 8.50. The maximum absolute atomic E-state index is 5.59. The van der Waals surface area contributed by atoms with E-state index in [0.717, 1.165) is 12.8 Å². The van der Waals surface area contributed by atoms with Crippen molar-refractivity contribution in [3.8, 4) is 0 Å². The fourth-order valence-corrected chi connectivity index (χ4v) is 1.46. The summed E-state index contributed by atoms with van der Waals surface area (Å²) < 4.78 is 10.5. The lowest BCUT2D eigenvalue weighted by Gasteiger charge is -2.04. The molecule has 5 nitrogen and oxygen atoms in total. The summed E-state index contributed by atoms with van der Waals surface area (Å²) in [7, 11) is 1.75. The van der Waals surface area contributed by atoms with Crippen molar-refractivity contribution in [3.05, 3.63) is 5.82 Å². The molecule has 1 fully saturated rings. The molecular weight excluding hydrogens is 170 g/mol. The average Bonchev–Trinajstić information content (AvgIpc) is 2.71. The molecule has 2 heterocycles. The van der Waals surface area contributed by atoms with Gasteiger partial charge in [0.25, 0.3) is 0 Å². The van der Waals surface area contributed by atoms with Crippen LogP contribution in [0.15, 0.2) is 4.52 Å². The molecule has 2 atom stereocenters. The number of nitrogens with one attached hydrogen (secondary N) is 1. The van der Waals surface area contributed by atoms with E-state index in [2.05, 4.69) is 22.4 Å². The Bertz CT molecular complexity index is 287. The lowest BCUT2D eigenvalue weighted by molar-refractivity contribution is 0.0489. The SMILES string of the molecule is CNc1nc(C2CCC(C)O2)no1. The minimum Gasteiger partial charge on any atom is -0.367 e. The third-order valence-electron chi connectivity index (χ3n) is 2.18. The highest BCUT2D eigenvalue weighted by molar-refractivity contribution is 5.16. The third-order valence-corrected chi connectivity index (χ3v) is 2.18. The van der Waals surface area contributed by atoms with Gasteiger partial charge in [0.1, 0.15) is 6.10 Å². The van der Waals surface area contributed by atoms with Crippen LogP contribution in [-0.4, -0.2) is 23.3 Å². The minimum atomic E-state index is 0.0147. The van der Waals surface area contributed by atoms with E-state index in [9.17, 15) is 0 Å². The number of rotatable bonds is 2. The average molecular weight is 183 g/mol. The van der Waals surface area contributed by atoms with E-state index >= 15 is 0 Å². The standard InChI is InChI=1S/C8H13N3O2/c1-5-3-4-6(12-5)7-10-8(9-2)13-11-7/h5-6H,3-4H2,1-2H3,(H,9,10,11). The molecule has 1 aliphatic heterocycles. The van der Waals surface area contributed by atoms with E-state index in [1.54, 1.807) is 7.05 Å². The van der Waals surface area contributed by atoms with E-state index in [1.807, 2.05) is 0 Å². The van der Waals surface area contributed by atoms with Gasteiger partial charge in [-0.05, 0) is 19.8 Å². The zero-order chi connectivity index (χ0) is 9.26. The monoisotopic (exact) mass is 183 g/mol. The Kier molecular flexibility index (Phi) is 2.18. The molecule has 72 valence electrons. The first-order chi connectivity index (χ1) is 6.29. The lowest BCUT2D eigenvalue weighted by Crippen LogP contribution is -2.02. The predicted molar refractivity (Wildman–Crippen MR) is 46.4 cm³/mol. The molecule has 0 amide bonds. The third kappa shape index (κ3) is 1.65. The second-order valence-corrected chi connectivity index (χ2v) is 3.22. The van der Waals surface area contributed by atoms with Crippen molar-refractivity contribution < 1.29 is 9.26 Å². The summed E-state index contributed by atoms with van der Waals surface area (Å²) in [5.74, 6) is 0.647. The van der Waals surface area contributed by atoms with E-state index in [0.29, 0.717) is 17.9 Å². The first-order valence-corrected chi connectivity index (χ1v) is 4.46. The van der Waals surface area contributed by atoms with Gasteiger partial charge in [0, 0.05) is 7.05 Å². The maximum atomic E-state index is 5.59.